The minimum Gasteiger partial charge on any atom is -0.368 e. The molecule has 4 heterocycles. The summed E-state index contributed by atoms with van der Waals surface area (Å²) in [6.45, 7) is 1.84. The summed E-state index contributed by atoms with van der Waals surface area (Å²) in [5, 5.41) is 0.333. The topological polar surface area (TPSA) is 99.5 Å². The van der Waals surface area contributed by atoms with Crippen LogP contribution in [-0.2, 0) is 16.1 Å². The van der Waals surface area contributed by atoms with Gasteiger partial charge < -0.3 is 15.6 Å². The average molecular weight is 412 g/mol. The number of nitrogens with one attached hydrogen (secondary N) is 1. The van der Waals surface area contributed by atoms with E-state index in [0.717, 1.165) is 25.8 Å². The van der Waals surface area contributed by atoms with Crippen molar-refractivity contribution >= 4 is 22.7 Å². The molecule has 3 saturated heterocycles. The van der Waals surface area contributed by atoms with Gasteiger partial charge in [-0.2, -0.15) is 0 Å². The van der Waals surface area contributed by atoms with Crippen molar-refractivity contribution in [1.82, 2.24) is 14.8 Å². The Bertz CT molecular complexity index is 1080. The first-order valence-corrected chi connectivity index (χ1v) is 10.6. The first kappa shape index (κ1) is 19.2. The van der Waals surface area contributed by atoms with Gasteiger partial charge in [0.2, 0.25) is 11.8 Å². The van der Waals surface area contributed by atoms with Crippen LogP contribution in [0.2, 0.25) is 0 Å². The van der Waals surface area contributed by atoms with Gasteiger partial charge in [-0.05, 0) is 37.3 Å². The molecule has 3 aliphatic rings. The zero-order valence-corrected chi connectivity index (χ0v) is 16.6. The number of rotatable bonds is 3. The van der Waals surface area contributed by atoms with E-state index >= 15 is 0 Å². The lowest BCUT2D eigenvalue weighted by atomic mass is 9.72. The molecule has 2 amide bonds. The number of hydrogen-bond acceptors (Lipinski definition) is 4. The quantitative estimate of drug-likeness (QED) is 0.795. The molecule has 1 aromatic heterocycles. The van der Waals surface area contributed by atoms with E-state index in [0.29, 0.717) is 30.6 Å². The van der Waals surface area contributed by atoms with Crippen LogP contribution in [0.4, 0.5) is 4.39 Å². The van der Waals surface area contributed by atoms with Crippen molar-refractivity contribution in [2.45, 2.75) is 44.3 Å². The Morgan fingerprint density at radius 2 is 2.03 bits per heavy atom. The first-order valence-electron chi connectivity index (χ1n) is 10.6. The third-order valence-electron chi connectivity index (χ3n) is 6.97. The summed E-state index contributed by atoms with van der Waals surface area (Å²) in [6.07, 6.45) is 3.08. The fourth-order valence-corrected chi connectivity index (χ4v) is 5.86. The maximum Gasteiger partial charge on any atom is 0.240 e. The molecule has 0 unspecified atom stereocenters. The van der Waals surface area contributed by atoms with Crippen LogP contribution in [0, 0.1) is 17.7 Å². The molecule has 0 aliphatic carbocycles. The molecular weight excluding hydrogens is 387 g/mol. The fourth-order valence-electron chi connectivity index (χ4n) is 5.86. The molecule has 3 aliphatic heterocycles. The van der Waals surface area contributed by atoms with Crippen LogP contribution in [0.3, 0.4) is 0 Å². The number of fused-ring (bicyclic) bond motifs is 5. The van der Waals surface area contributed by atoms with Gasteiger partial charge in [0, 0.05) is 55.2 Å². The van der Waals surface area contributed by atoms with Crippen LogP contribution in [0.25, 0.3) is 10.9 Å². The SMILES string of the molecule is NC(=O)[C@H]1[C@@H]2C[C@@H](CN(Cc3cc(=O)c4cccc(F)c4[nH]3)C2)[C@@H]2CCCC(=O)N21. The molecule has 30 heavy (non-hydrogen) atoms. The lowest BCUT2D eigenvalue weighted by Crippen LogP contribution is -2.67. The zero-order valence-electron chi connectivity index (χ0n) is 16.6. The number of halogens is 1. The molecule has 0 saturated carbocycles. The number of nitrogens with two attached hydrogens (primary N) is 1. The number of hydrogen-bond donors (Lipinski definition) is 2. The minimum absolute atomic E-state index is 0.0246. The van der Waals surface area contributed by atoms with E-state index in [4.69, 9.17) is 5.73 Å². The van der Waals surface area contributed by atoms with Crippen molar-refractivity contribution in [2.24, 2.45) is 17.6 Å². The van der Waals surface area contributed by atoms with E-state index < -0.39 is 17.8 Å². The summed E-state index contributed by atoms with van der Waals surface area (Å²) in [4.78, 5) is 44.3. The van der Waals surface area contributed by atoms with Crippen LogP contribution >= 0.6 is 0 Å². The van der Waals surface area contributed by atoms with Gasteiger partial charge in [-0.3, -0.25) is 19.3 Å². The van der Waals surface area contributed by atoms with E-state index in [1.807, 2.05) is 0 Å². The Morgan fingerprint density at radius 3 is 2.83 bits per heavy atom. The van der Waals surface area contributed by atoms with Crippen molar-refractivity contribution < 1.29 is 14.0 Å². The Balaban J connectivity index is 1.44. The monoisotopic (exact) mass is 412 g/mol. The Morgan fingerprint density at radius 1 is 1.23 bits per heavy atom. The number of amides is 2. The van der Waals surface area contributed by atoms with E-state index in [1.165, 1.54) is 18.2 Å². The number of H-pyrrole nitrogens is 1. The number of para-hydroxylation sites is 1. The van der Waals surface area contributed by atoms with Gasteiger partial charge in [-0.25, -0.2) is 4.39 Å². The summed E-state index contributed by atoms with van der Waals surface area (Å²) >= 11 is 0. The third kappa shape index (κ3) is 3.10. The van der Waals surface area contributed by atoms with Gasteiger partial charge >= 0.3 is 0 Å². The van der Waals surface area contributed by atoms with Crippen molar-refractivity contribution in [3.8, 4) is 0 Å². The second kappa shape index (κ2) is 7.19. The van der Waals surface area contributed by atoms with Crippen molar-refractivity contribution in [3.05, 3.63) is 46.0 Å². The van der Waals surface area contributed by atoms with Gasteiger partial charge in [0.25, 0.3) is 0 Å². The highest BCUT2D eigenvalue weighted by molar-refractivity contribution is 5.88. The van der Waals surface area contributed by atoms with E-state index in [-0.39, 0.29) is 34.7 Å². The minimum atomic E-state index is -0.574. The lowest BCUT2D eigenvalue weighted by Gasteiger charge is -2.55. The molecule has 2 aromatic rings. The van der Waals surface area contributed by atoms with Crippen molar-refractivity contribution in [2.75, 3.05) is 13.1 Å². The molecule has 3 fully saturated rings. The maximum atomic E-state index is 14.2. The van der Waals surface area contributed by atoms with Gasteiger partial charge in [0.15, 0.2) is 5.43 Å². The van der Waals surface area contributed by atoms with Gasteiger partial charge in [0.1, 0.15) is 11.9 Å². The van der Waals surface area contributed by atoms with Crippen LogP contribution < -0.4 is 11.2 Å². The van der Waals surface area contributed by atoms with Crippen LogP contribution in [-0.4, -0.2) is 51.8 Å². The van der Waals surface area contributed by atoms with Gasteiger partial charge in [-0.1, -0.05) is 6.07 Å². The van der Waals surface area contributed by atoms with E-state index in [9.17, 15) is 18.8 Å². The fraction of sp³-hybridized carbons (Fsp3) is 0.500. The molecule has 8 heteroatoms. The summed E-state index contributed by atoms with van der Waals surface area (Å²) in [5.41, 5.74) is 6.38. The third-order valence-corrected chi connectivity index (χ3v) is 6.97. The first-order chi connectivity index (χ1) is 14.4. The molecule has 0 spiro atoms. The van der Waals surface area contributed by atoms with Crippen molar-refractivity contribution in [3.63, 3.8) is 0 Å². The number of piperidine rings is 3. The van der Waals surface area contributed by atoms with Crippen LogP contribution in [0.5, 0.6) is 0 Å². The number of aromatic nitrogens is 1. The van der Waals surface area contributed by atoms with Gasteiger partial charge in [-0.15, -0.1) is 0 Å². The molecule has 158 valence electrons. The molecule has 0 radical (unpaired) electrons. The molecular formula is C22H25FN4O3. The number of benzene rings is 1. The van der Waals surface area contributed by atoms with E-state index in [2.05, 4.69) is 9.88 Å². The number of likely N-dealkylation sites (tertiary alicyclic amines) is 1. The molecule has 2 bridgehead atoms. The molecule has 5 rings (SSSR count). The predicted octanol–water partition coefficient (Wildman–Crippen LogP) is 1.35. The normalized spacial score (nSPS) is 29.1. The second-order valence-corrected chi connectivity index (χ2v) is 8.88. The predicted molar refractivity (Wildman–Crippen MR) is 109 cm³/mol. The molecule has 4 atom stereocenters. The molecule has 7 nitrogen and oxygen atoms in total. The standard InChI is InChI=1S/C22H25FN4O3/c23-16-4-1-3-15-18(28)8-14(25-20(15)16)11-26-9-12-7-13(10-26)21(22(24)30)27-17(12)5-2-6-19(27)29/h1,3-4,8,12-13,17,21H,2,5-7,9-11H2,(H2,24,30)(H,25,28)/t12-,13+,17-,21+/m0/s1. The summed E-state index contributed by atoms with van der Waals surface area (Å²) in [7, 11) is 0. The van der Waals surface area contributed by atoms with Crippen molar-refractivity contribution in [1.29, 1.82) is 0 Å². The number of aromatic amines is 1. The number of carbonyl (C=O) groups is 2. The average Bonchev–Trinajstić information content (AvgIpc) is 2.69. The summed E-state index contributed by atoms with van der Waals surface area (Å²) < 4.78 is 14.2. The highest BCUT2D eigenvalue weighted by Crippen LogP contribution is 2.41. The number of primary amides is 1. The second-order valence-electron chi connectivity index (χ2n) is 8.88. The number of nitrogens with zero attached hydrogens (tertiary/aromatic N) is 2. The van der Waals surface area contributed by atoms with Crippen LogP contribution in [0.15, 0.2) is 29.1 Å². The van der Waals surface area contributed by atoms with E-state index in [1.54, 1.807) is 11.0 Å². The maximum absolute atomic E-state index is 14.2. The smallest absolute Gasteiger partial charge is 0.240 e. The number of carbonyl (C=O) groups excluding carboxylic acids is 2. The Hall–Kier alpha value is -2.74. The zero-order chi connectivity index (χ0) is 21.0. The highest BCUT2D eigenvalue weighted by Gasteiger charge is 2.51. The largest absolute Gasteiger partial charge is 0.368 e. The van der Waals surface area contributed by atoms with Gasteiger partial charge in [0.05, 0.1) is 5.52 Å². The van der Waals surface area contributed by atoms with Crippen LogP contribution in [0.1, 0.15) is 31.4 Å². The Kier molecular flexibility index (Phi) is 4.61. The summed E-state index contributed by atoms with van der Waals surface area (Å²) in [6, 6.07) is 5.46. The number of pyridine rings is 1. The lowest BCUT2D eigenvalue weighted by molar-refractivity contribution is -0.159. The Labute approximate surface area is 173 Å². The summed E-state index contributed by atoms with van der Waals surface area (Å²) in [5.74, 6) is -0.614. The molecule has 3 N–H and O–H groups in total. The highest BCUT2D eigenvalue weighted by atomic mass is 19.1. The molecule has 1 aromatic carbocycles.